The number of hydrogen-bond acceptors (Lipinski definition) is 5. The summed E-state index contributed by atoms with van der Waals surface area (Å²) in [5.74, 6) is 1.28. The first-order chi connectivity index (χ1) is 15.5. The molecule has 0 saturated carbocycles. The first-order valence-electron chi connectivity index (χ1n) is 10.1. The normalized spacial score (nSPS) is 15.1. The minimum atomic E-state index is -0.374. The summed E-state index contributed by atoms with van der Waals surface area (Å²) in [6.45, 7) is 4.05. The first kappa shape index (κ1) is 22.2. The van der Waals surface area contributed by atoms with Crippen LogP contribution in [0.5, 0.6) is 5.75 Å². The number of aromatic nitrogens is 2. The molecule has 1 atom stereocenters. The van der Waals surface area contributed by atoms with Crippen molar-refractivity contribution >= 4 is 35.1 Å². The standard InChI is InChI=1S/C24H22ClN3O3S/c1-3-12-32-24-27-23(30)21-18(13-20(29)26-22(21)28(24)2)15-8-10-17(11-9-15)31-14-16-6-4-5-7-19(16)25/h3-11,18H,1,12-14H2,2H3,(H,26,29)/t18-/m0/s1. The van der Waals surface area contributed by atoms with Gasteiger partial charge in [-0.3, -0.25) is 9.59 Å². The Bertz CT molecular complexity index is 1220. The second kappa shape index (κ2) is 9.63. The van der Waals surface area contributed by atoms with Crippen LogP contribution in [-0.2, 0) is 18.4 Å². The van der Waals surface area contributed by atoms with Crippen molar-refractivity contribution in [2.45, 2.75) is 24.1 Å². The molecule has 2 heterocycles. The maximum Gasteiger partial charge on any atom is 0.279 e. The van der Waals surface area contributed by atoms with E-state index in [1.165, 1.54) is 11.8 Å². The molecule has 1 N–H and O–H groups in total. The molecule has 3 aromatic rings. The van der Waals surface area contributed by atoms with Gasteiger partial charge in [-0.2, -0.15) is 4.98 Å². The fraction of sp³-hybridized carbons (Fsp3) is 0.208. The van der Waals surface area contributed by atoms with E-state index in [0.717, 1.165) is 11.1 Å². The Balaban J connectivity index is 1.60. The molecule has 6 nitrogen and oxygen atoms in total. The van der Waals surface area contributed by atoms with Crippen LogP contribution in [0.25, 0.3) is 0 Å². The molecule has 1 aromatic heterocycles. The highest BCUT2D eigenvalue weighted by atomic mass is 35.5. The number of fused-ring (bicyclic) bond motifs is 1. The SMILES string of the molecule is C=CCSc1nc(=O)c2c(n1C)NC(=O)C[C@H]2c1ccc(OCc2ccccc2Cl)cc1. The fourth-order valence-corrected chi connectivity index (χ4v) is 4.55. The highest BCUT2D eigenvalue weighted by molar-refractivity contribution is 7.99. The van der Waals surface area contributed by atoms with Crippen molar-refractivity contribution in [3.8, 4) is 5.75 Å². The van der Waals surface area contributed by atoms with Gasteiger partial charge < -0.3 is 14.6 Å². The van der Waals surface area contributed by atoms with E-state index in [1.807, 2.05) is 48.5 Å². The lowest BCUT2D eigenvalue weighted by atomic mass is 9.87. The Morgan fingerprint density at radius 3 is 2.72 bits per heavy atom. The number of carbonyl (C=O) groups excluding carboxylic acids is 1. The predicted octanol–water partition coefficient (Wildman–Crippen LogP) is 4.76. The third kappa shape index (κ3) is 4.59. The van der Waals surface area contributed by atoms with Gasteiger partial charge in [-0.1, -0.05) is 59.8 Å². The van der Waals surface area contributed by atoms with E-state index in [0.29, 0.717) is 39.7 Å². The summed E-state index contributed by atoms with van der Waals surface area (Å²) in [4.78, 5) is 29.6. The number of ether oxygens (including phenoxy) is 1. The molecule has 164 valence electrons. The highest BCUT2D eigenvalue weighted by Crippen LogP contribution is 2.36. The Kier molecular flexibility index (Phi) is 6.67. The van der Waals surface area contributed by atoms with Crippen LogP contribution in [0, 0.1) is 0 Å². The smallest absolute Gasteiger partial charge is 0.279 e. The highest BCUT2D eigenvalue weighted by Gasteiger charge is 2.32. The predicted molar refractivity (Wildman–Crippen MR) is 128 cm³/mol. The molecular weight excluding hydrogens is 446 g/mol. The van der Waals surface area contributed by atoms with Crippen LogP contribution in [0.4, 0.5) is 5.82 Å². The molecule has 0 fully saturated rings. The molecule has 0 saturated heterocycles. The molecule has 32 heavy (non-hydrogen) atoms. The number of hydrogen-bond donors (Lipinski definition) is 1. The van der Waals surface area contributed by atoms with Gasteiger partial charge in [-0.25, -0.2) is 0 Å². The summed E-state index contributed by atoms with van der Waals surface area (Å²) in [7, 11) is 1.80. The average molecular weight is 468 g/mol. The summed E-state index contributed by atoms with van der Waals surface area (Å²) in [5, 5.41) is 4.04. The summed E-state index contributed by atoms with van der Waals surface area (Å²) >= 11 is 7.58. The van der Waals surface area contributed by atoms with Crippen molar-refractivity contribution in [3.63, 3.8) is 0 Å². The summed E-state index contributed by atoms with van der Waals surface area (Å²) in [6, 6.07) is 15.0. The average Bonchev–Trinajstić information content (AvgIpc) is 2.79. The van der Waals surface area contributed by atoms with Crippen LogP contribution >= 0.6 is 23.4 Å². The molecular formula is C24H22ClN3O3S. The topological polar surface area (TPSA) is 73.2 Å². The number of amides is 1. The van der Waals surface area contributed by atoms with Crippen LogP contribution in [0.15, 0.2) is 71.1 Å². The van der Waals surface area contributed by atoms with E-state index in [9.17, 15) is 9.59 Å². The summed E-state index contributed by atoms with van der Waals surface area (Å²) < 4.78 is 7.61. The van der Waals surface area contributed by atoms with Crippen molar-refractivity contribution in [2.75, 3.05) is 11.1 Å². The molecule has 0 bridgehead atoms. The van der Waals surface area contributed by atoms with Crippen molar-refractivity contribution in [1.82, 2.24) is 9.55 Å². The zero-order valence-electron chi connectivity index (χ0n) is 17.5. The lowest BCUT2D eigenvalue weighted by molar-refractivity contribution is -0.116. The number of nitrogens with zero attached hydrogens (tertiary/aromatic N) is 2. The van der Waals surface area contributed by atoms with Gasteiger partial charge in [0.25, 0.3) is 5.56 Å². The van der Waals surface area contributed by atoms with Gasteiger partial charge in [-0.05, 0) is 23.8 Å². The molecule has 0 spiro atoms. The number of nitrogens with one attached hydrogen (secondary N) is 1. The second-order valence-corrected chi connectivity index (χ2v) is 8.77. The molecule has 0 aliphatic carbocycles. The van der Waals surface area contributed by atoms with Gasteiger partial charge in [0.2, 0.25) is 5.91 Å². The molecule has 0 radical (unpaired) electrons. The number of anilines is 1. The van der Waals surface area contributed by atoms with Crippen molar-refractivity contribution < 1.29 is 9.53 Å². The van der Waals surface area contributed by atoms with Crippen LogP contribution in [0.3, 0.4) is 0 Å². The van der Waals surface area contributed by atoms with Crippen molar-refractivity contribution in [3.05, 3.63) is 93.3 Å². The van der Waals surface area contributed by atoms with Gasteiger partial charge in [0.15, 0.2) is 5.16 Å². The Morgan fingerprint density at radius 2 is 2.00 bits per heavy atom. The van der Waals surface area contributed by atoms with Crippen molar-refractivity contribution in [2.24, 2.45) is 7.05 Å². The Labute approximate surface area is 195 Å². The zero-order chi connectivity index (χ0) is 22.7. The van der Waals surface area contributed by atoms with Gasteiger partial charge in [0.1, 0.15) is 18.2 Å². The zero-order valence-corrected chi connectivity index (χ0v) is 19.1. The first-order valence-corrected chi connectivity index (χ1v) is 11.4. The summed E-state index contributed by atoms with van der Waals surface area (Å²) in [6.07, 6.45) is 1.93. The maximum absolute atomic E-state index is 12.9. The molecule has 1 amide bonds. The monoisotopic (exact) mass is 467 g/mol. The molecule has 0 unspecified atom stereocenters. The van der Waals surface area contributed by atoms with E-state index < -0.39 is 0 Å². The van der Waals surface area contributed by atoms with E-state index in [4.69, 9.17) is 16.3 Å². The van der Waals surface area contributed by atoms with E-state index >= 15 is 0 Å². The number of carbonyl (C=O) groups is 1. The van der Waals surface area contributed by atoms with Crippen LogP contribution < -0.4 is 15.6 Å². The van der Waals surface area contributed by atoms with E-state index in [-0.39, 0.29) is 23.8 Å². The number of rotatable bonds is 7. The van der Waals surface area contributed by atoms with Crippen LogP contribution in [0.1, 0.15) is 29.0 Å². The third-order valence-corrected chi connectivity index (χ3v) is 6.66. The Morgan fingerprint density at radius 1 is 1.25 bits per heavy atom. The fourth-order valence-electron chi connectivity index (χ4n) is 3.66. The lowest BCUT2D eigenvalue weighted by Crippen LogP contribution is -2.33. The van der Waals surface area contributed by atoms with Gasteiger partial charge in [-0.15, -0.1) is 6.58 Å². The molecule has 4 rings (SSSR count). The van der Waals surface area contributed by atoms with Crippen molar-refractivity contribution in [1.29, 1.82) is 0 Å². The number of halogens is 1. The molecule has 1 aliphatic rings. The van der Waals surface area contributed by atoms with Crippen LogP contribution in [0.2, 0.25) is 5.02 Å². The Hall–Kier alpha value is -3.03. The third-order valence-electron chi connectivity index (χ3n) is 5.27. The minimum Gasteiger partial charge on any atom is -0.489 e. The largest absolute Gasteiger partial charge is 0.489 e. The van der Waals surface area contributed by atoms with Crippen LogP contribution in [-0.4, -0.2) is 21.2 Å². The van der Waals surface area contributed by atoms with E-state index in [2.05, 4.69) is 16.9 Å². The molecule has 8 heteroatoms. The quantitative estimate of drug-likeness (QED) is 0.308. The van der Waals surface area contributed by atoms with E-state index in [1.54, 1.807) is 17.7 Å². The molecule has 2 aromatic carbocycles. The second-order valence-electron chi connectivity index (χ2n) is 7.37. The molecule has 1 aliphatic heterocycles. The van der Waals surface area contributed by atoms with Gasteiger partial charge in [0, 0.05) is 35.7 Å². The lowest BCUT2D eigenvalue weighted by Gasteiger charge is -2.27. The maximum atomic E-state index is 12.9. The number of benzene rings is 2. The minimum absolute atomic E-state index is 0.137. The van der Waals surface area contributed by atoms with Gasteiger partial charge in [0.05, 0.1) is 5.56 Å². The van der Waals surface area contributed by atoms with Gasteiger partial charge >= 0.3 is 0 Å². The number of thioether (sulfide) groups is 1. The summed E-state index contributed by atoms with van der Waals surface area (Å²) in [5.41, 5.74) is 1.93.